The summed E-state index contributed by atoms with van der Waals surface area (Å²) in [6.45, 7) is 2.58. The fraction of sp³-hybridized carbons (Fsp3) is 0.333. The lowest BCUT2D eigenvalue weighted by molar-refractivity contribution is 0.936. The van der Waals surface area contributed by atoms with Crippen molar-refractivity contribution in [2.24, 2.45) is 5.73 Å². The second kappa shape index (κ2) is 6.19. The Hall–Kier alpha value is -0.460. The number of hydrogen-bond acceptors (Lipinski definition) is 3. The van der Waals surface area contributed by atoms with Gasteiger partial charge in [0.05, 0.1) is 5.69 Å². The van der Waals surface area contributed by atoms with Gasteiger partial charge in [-0.05, 0) is 19.5 Å². The summed E-state index contributed by atoms with van der Waals surface area (Å²) >= 11 is 0. The molecule has 0 aliphatic carbocycles. The Bertz CT molecular complexity index is 427. The number of fused-ring (bicyclic) bond motifs is 1. The van der Waals surface area contributed by atoms with E-state index in [1.54, 1.807) is 0 Å². The van der Waals surface area contributed by atoms with Crippen molar-refractivity contribution in [3.8, 4) is 0 Å². The molecule has 0 saturated carbocycles. The third-order valence-corrected chi connectivity index (χ3v) is 1.92. The van der Waals surface area contributed by atoms with Gasteiger partial charge in [-0.2, -0.15) is 0 Å². The van der Waals surface area contributed by atoms with Crippen LogP contribution in [0, 0.1) is 6.92 Å². The van der Waals surface area contributed by atoms with Gasteiger partial charge in [-0.3, -0.25) is 4.40 Å². The molecule has 2 N–H and O–H groups in total. The number of imidazole rings is 1. The fourth-order valence-electron chi connectivity index (χ4n) is 1.28. The molecule has 0 aliphatic rings. The molecule has 2 aromatic heterocycles. The molecule has 2 heterocycles. The molecule has 84 valence electrons. The van der Waals surface area contributed by atoms with E-state index in [1.807, 2.05) is 29.8 Å². The molecule has 0 bridgehead atoms. The van der Waals surface area contributed by atoms with Gasteiger partial charge in [0.2, 0.25) is 5.78 Å². The maximum absolute atomic E-state index is 5.44. The van der Waals surface area contributed by atoms with Crippen LogP contribution < -0.4 is 5.73 Å². The molecule has 15 heavy (non-hydrogen) atoms. The van der Waals surface area contributed by atoms with Gasteiger partial charge < -0.3 is 5.73 Å². The largest absolute Gasteiger partial charge is 0.330 e. The minimum Gasteiger partial charge on any atom is -0.330 e. The summed E-state index contributed by atoms with van der Waals surface area (Å²) in [5, 5.41) is 0. The van der Waals surface area contributed by atoms with Gasteiger partial charge in [-0.15, -0.1) is 34.0 Å². The third-order valence-electron chi connectivity index (χ3n) is 1.92. The number of nitrogens with two attached hydrogens (primary N) is 1. The highest BCUT2D eigenvalue weighted by Gasteiger charge is 2.00. The average Bonchev–Trinajstić information content (AvgIpc) is 2.46. The summed E-state index contributed by atoms with van der Waals surface area (Å²) in [5.41, 5.74) is 7.43. The van der Waals surface area contributed by atoms with E-state index in [0.29, 0.717) is 6.54 Å². The Balaban J connectivity index is 0.000000980. The monoisotopic (exact) mass is 336 g/mol. The van der Waals surface area contributed by atoms with E-state index < -0.39 is 0 Å². The molecule has 0 atom stereocenters. The predicted octanol–water partition coefficient (Wildman–Crippen LogP) is 1.69. The van der Waals surface area contributed by atoms with Gasteiger partial charge in [0, 0.05) is 24.5 Å². The van der Waals surface area contributed by atoms with E-state index in [9.17, 15) is 0 Å². The molecule has 2 rings (SSSR count). The smallest absolute Gasteiger partial charge is 0.234 e. The summed E-state index contributed by atoms with van der Waals surface area (Å²) in [7, 11) is 0. The first-order valence-corrected chi connectivity index (χ1v) is 4.31. The van der Waals surface area contributed by atoms with E-state index in [1.165, 1.54) is 0 Å². The molecule has 0 radical (unpaired) electrons. The number of rotatable bonds is 2. The van der Waals surface area contributed by atoms with Crippen LogP contribution in [0.2, 0.25) is 0 Å². The van der Waals surface area contributed by atoms with Crippen molar-refractivity contribution in [2.75, 3.05) is 6.54 Å². The van der Waals surface area contributed by atoms with Crippen LogP contribution in [-0.2, 0) is 6.42 Å². The van der Waals surface area contributed by atoms with E-state index in [0.717, 1.165) is 23.6 Å². The normalized spacial score (nSPS) is 9.47. The van der Waals surface area contributed by atoms with Crippen molar-refractivity contribution in [2.45, 2.75) is 13.3 Å². The molecule has 0 aromatic carbocycles. The third kappa shape index (κ3) is 3.25. The molecule has 0 aliphatic heterocycles. The summed E-state index contributed by atoms with van der Waals surface area (Å²) in [5.74, 6) is 0.753. The van der Waals surface area contributed by atoms with Crippen LogP contribution in [-0.4, -0.2) is 20.9 Å². The summed E-state index contributed by atoms with van der Waals surface area (Å²) < 4.78 is 1.91. The topological polar surface area (TPSA) is 56.2 Å². The minimum absolute atomic E-state index is 0. The standard InChI is InChI=1S/C9H12N4.2BrH/c1-7-3-5-13-6-8(2-4-10)12-9(13)11-7;;/h3,5-6H,2,4,10H2,1H3;2*1H. The lowest BCUT2D eigenvalue weighted by Crippen LogP contribution is -2.02. The molecular formula is C9H14Br2N4. The van der Waals surface area contributed by atoms with Crippen molar-refractivity contribution in [1.82, 2.24) is 14.4 Å². The van der Waals surface area contributed by atoms with Gasteiger partial charge in [0.1, 0.15) is 0 Å². The quantitative estimate of drug-likeness (QED) is 0.907. The van der Waals surface area contributed by atoms with Gasteiger partial charge in [-0.1, -0.05) is 0 Å². The van der Waals surface area contributed by atoms with Gasteiger partial charge in [0.15, 0.2) is 0 Å². The molecule has 4 nitrogen and oxygen atoms in total. The average molecular weight is 338 g/mol. The van der Waals surface area contributed by atoms with Crippen LogP contribution in [0.15, 0.2) is 18.5 Å². The van der Waals surface area contributed by atoms with Crippen LogP contribution in [0.5, 0.6) is 0 Å². The van der Waals surface area contributed by atoms with Crippen LogP contribution in [0.4, 0.5) is 0 Å². The van der Waals surface area contributed by atoms with Crippen LogP contribution in [0.1, 0.15) is 11.4 Å². The number of aromatic nitrogens is 3. The Morgan fingerprint density at radius 1 is 1.33 bits per heavy atom. The Morgan fingerprint density at radius 3 is 2.73 bits per heavy atom. The highest BCUT2D eigenvalue weighted by atomic mass is 79.9. The number of nitrogens with zero attached hydrogens (tertiary/aromatic N) is 3. The van der Waals surface area contributed by atoms with E-state index in [4.69, 9.17) is 5.73 Å². The molecule has 6 heteroatoms. The second-order valence-electron chi connectivity index (χ2n) is 3.05. The zero-order chi connectivity index (χ0) is 9.26. The first-order chi connectivity index (χ1) is 6.29. The van der Waals surface area contributed by atoms with Crippen molar-refractivity contribution in [3.05, 3.63) is 29.8 Å². The molecule has 0 amide bonds. The summed E-state index contributed by atoms with van der Waals surface area (Å²) in [4.78, 5) is 8.62. The lowest BCUT2D eigenvalue weighted by atomic mass is 10.3. The molecular weight excluding hydrogens is 324 g/mol. The van der Waals surface area contributed by atoms with Gasteiger partial charge in [0.25, 0.3) is 0 Å². The predicted molar refractivity (Wildman–Crippen MR) is 71.1 cm³/mol. The minimum atomic E-state index is 0. The maximum Gasteiger partial charge on any atom is 0.234 e. The molecule has 0 unspecified atom stereocenters. The van der Waals surface area contributed by atoms with Gasteiger partial charge >= 0.3 is 0 Å². The van der Waals surface area contributed by atoms with E-state index in [-0.39, 0.29) is 34.0 Å². The van der Waals surface area contributed by atoms with E-state index >= 15 is 0 Å². The summed E-state index contributed by atoms with van der Waals surface area (Å²) in [6, 6.07) is 1.96. The molecule has 0 fully saturated rings. The molecule has 0 saturated heterocycles. The Labute approximate surface area is 109 Å². The lowest BCUT2D eigenvalue weighted by Gasteiger charge is -1.91. The van der Waals surface area contributed by atoms with E-state index in [2.05, 4.69) is 9.97 Å². The first kappa shape index (κ1) is 14.5. The zero-order valence-electron chi connectivity index (χ0n) is 8.38. The number of aryl methyl sites for hydroxylation is 1. The summed E-state index contributed by atoms with van der Waals surface area (Å²) in [6.07, 6.45) is 4.74. The SMILES string of the molecule is Br.Br.Cc1ccn2cc(CCN)nc2n1. The molecule has 2 aromatic rings. The zero-order valence-corrected chi connectivity index (χ0v) is 11.8. The number of halogens is 2. The van der Waals surface area contributed by atoms with Crippen molar-refractivity contribution in [1.29, 1.82) is 0 Å². The van der Waals surface area contributed by atoms with Crippen LogP contribution in [0.25, 0.3) is 5.78 Å². The molecule has 0 spiro atoms. The van der Waals surface area contributed by atoms with Crippen molar-refractivity contribution in [3.63, 3.8) is 0 Å². The van der Waals surface area contributed by atoms with Crippen LogP contribution >= 0.6 is 34.0 Å². The van der Waals surface area contributed by atoms with Crippen molar-refractivity contribution < 1.29 is 0 Å². The van der Waals surface area contributed by atoms with Crippen molar-refractivity contribution >= 4 is 39.7 Å². The first-order valence-electron chi connectivity index (χ1n) is 4.31. The highest BCUT2D eigenvalue weighted by molar-refractivity contribution is 8.93. The second-order valence-corrected chi connectivity index (χ2v) is 3.05. The van der Waals surface area contributed by atoms with Crippen LogP contribution in [0.3, 0.4) is 0 Å². The number of hydrogen-bond donors (Lipinski definition) is 1. The van der Waals surface area contributed by atoms with Gasteiger partial charge in [-0.25, -0.2) is 9.97 Å². The highest BCUT2D eigenvalue weighted by Crippen LogP contribution is 2.03. The Morgan fingerprint density at radius 2 is 2.07 bits per heavy atom. The maximum atomic E-state index is 5.44. The Kier molecular flexibility index (Phi) is 6.00. The fourth-order valence-corrected chi connectivity index (χ4v) is 1.28.